The monoisotopic (exact) mass is 623 g/mol. The van der Waals surface area contributed by atoms with Gasteiger partial charge in [0.15, 0.2) is 0 Å². The number of carboxylic acids is 1. The van der Waals surface area contributed by atoms with Crippen LogP contribution in [0.4, 0.5) is 18.9 Å². The Balaban J connectivity index is 0.959. The summed E-state index contributed by atoms with van der Waals surface area (Å²) in [6.45, 7) is 5.44. The van der Waals surface area contributed by atoms with Gasteiger partial charge >= 0.3 is 12.3 Å². The maximum Gasteiger partial charge on any atom is 0.573 e. The van der Waals surface area contributed by atoms with E-state index in [1.54, 1.807) is 18.3 Å². The summed E-state index contributed by atoms with van der Waals surface area (Å²) in [6.07, 6.45) is 3.20. The first-order valence-corrected chi connectivity index (χ1v) is 15.7. The van der Waals surface area contributed by atoms with E-state index in [0.29, 0.717) is 47.1 Å². The fourth-order valence-corrected chi connectivity index (χ4v) is 7.38. The quantitative estimate of drug-likeness (QED) is 0.191. The Labute approximate surface area is 258 Å². The minimum atomic E-state index is -4.81. The number of benzene rings is 2. The molecule has 1 N–H and O–H groups in total. The van der Waals surface area contributed by atoms with Crippen LogP contribution in [0, 0.1) is 11.3 Å². The van der Waals surface area contributed by atoms with Crippen LogP contribution in [-0.2, 0) is 17.9 Å². The number of ether oxygens (including phenoxy) is 2. The van der Waals surface area contributed by atoms with Gasteiger partial charge in [0.1, 0.15) is 17.2 Å². The number of para-hydroxylation sites is 1. The first kappa shape index (κ1) is 29.7. The summed E-state index contributed by atoms with van der Waals surface area (Å²) < 4.78 is 57.3. The topological polar surface area (TPSA) is 90.0 Å². The molecule has 1 aliphatic heterocycles. The zero-order valence-electron chi connectivity index (χ0n) is 25.1. The van der Waals surface area contributed by atoms with E-state index in [2.05, 4.69) is 20.9 Å². The van der Waals surface area contributed by atoms with Crippen LogP contribution in [0.25, 0.3) is 22.2 Å². The van der Waals surface area contributed by atoms with Crippen molar-refractivity contribution in [3.63, 3.8) is 0 Å². The maximum absolute atomic E-state index is 13.1. The molecule has 2 saturated carbocycles. The summed E-state index contributed by atoms with van der Waals surface area (Å²) in [5, 5.41) is 14.5. The molecule has 238 valence electrons. The lowest BCUT2D eigenvalue weighted by atomic mass is 9.58. The highest BCUT2D eigenvalue weighted by molar-refractivity contribution is 6.04. The third kappa shape index (κ3) is 5.90. The van der Waals surface area contributed by atoms with Gasteiger partial charge in [-0.25, -0.2) is 4.79 Å². The van der Waals surface area contributed by atoms with Crippen LogP contribution >= 0.6 is 0 Å². The maximum atomic E-state index is 13.1. The molecule has 1 spiro atoms. The molecule has 0 atom stereocenters. The number of halogens is 3. The van der Waals surface area contributed by atoms with Crippen molar-refractivity contribution < 1.29 is 37.1 Å². The van der Waals surface area contributed by atoms with E-state index in [9.17, 15) is 23.1 Å². The van der Waals surface area contributed by atoms with Gasteiger partial charge in [-0.2, -0.15) is 0 Å². The number of alkyl halides is 3. The predicted octanol–water partition coefficient (Wildman–Crippen LogP) is 8.00. The van der Waals surface area contributed by atoms with Crippen LogP contribution in [0.3, 0.4) is 0 Å². The normalized spacial score (nSPS) is 18.4. The lowest BCUT2D eigenvalue weighted by molar-refractivity contribution is -0.274. The number of aryl methyl sites for hydroxylation is 1. The Morgan fingerprint density at radius 2 is 1.89 bits per heavy atom. The minimum absolute atomic E-state index is 0.226. The van der Waals surface area contributed by atoms with Gasteiger partial charge in [0.25, 0.3) is 0 Å². The first-order chi connectivity index (χ1) is 21.6. The summed E-state index contributed by atoms with van der Waals surface area (Å²) in [6, 6.07) is 12.1. The fraction of sp³-hybridized carbons (Fsp3) is 0.471. The Hall–Kier alpha value is -3.99. The molecule has 3 fully saturated rings. The molecule has 11 heteroatoms. The molecule has 2 aromatic heterocycles. The number of hydrogen-bond donors (Lipinski definition) is 1. The minimum Gasteiger partial charge on any atom is -0.478 e. The molecule has 1 saturated heterocycles. The van der Waals surface area contributed by atoms with E-state index in [-0.39, 0.29) is 23.8 Å². The van der Waals surface area contributed by atoms with E-state index in [1.807, 2.05) is 23.6 Å². The smallest absolute Gasteiger partial charge is 0.478 e. The Bertz CT molecular complexity index is 1710. The van der Waals surface area contributed by atoms with E-state index in [0.717, 1.165) is 68.2 Å². The molecule has 4 aromatic rings. The van der Waals surface area contributed by atoms with E-state index in [1.165, 1.54) is 12.1 Å². The number of aromatic nitrogens is 2. The van der Waals surface area contributed by atoms with Crippen LogP contribution in [0.2, 0.25) is 0 Å². The molecule has 7 rings (SSSR count). The van der Waals surface area contributed by atoms with Crippen LogP contribution in [0.1, 0.15) is 73.0 Å². The van der Waals surface area contributed by atoms with E-state index in [4.69, 9.17) is 9.26 Å². The second kappa shape index (κ2) is 11.4. The van der Waals surface area contributed by atoms with Crippen LogP contribution < -0.4 is 9.64 Å². The first-order valence-electron chi connectivity index (χ1n) is 15.7. The van der Waals surface area contributed by atoms with Gasteiger partial charge < -0.3 is 28.6 Å². The fourth-order valence-electron chi connectivity index (χ4n) is 7.38. The van der Waals surface area contributed by atoms with Crippen molar-refractivity contribution in [3.8, 4) is 17.0 Å². The molecule has 8 nitrogen and oxygen atoms in total. The summed E-state index contributed by atoms with van der Waals surface area (Å²) in [7, 11) is 0. The van der Waals surface area contributed by atoms with E-state index >= 15 is 0 Å². The predicted molar refractivity (Wildman–Crippen MR) is 161 cm³/mol. The molecule has 0 bridgehead atoms. The van der Waals surface area contributed by atoms with Gasteiger partial charge in [-0.3, -0.25) is 0 Å². The Kier molecular flexibility index (Phi) is 7.54. The summed E-state index contributed by atoms with van der Waals surface area (Å²) in [5.41, 5.74) is 4.01. The summed E-state index contributed by atoms with van der Waals surface area (Å²) in [4.78, 5) is 14.1. The number of fused-ring (bicyclic) bond motifs is 1. The second-order valence-corrected chi connectivity index (χ2v) is 12.8. The number of rotatable bonds is 10. The third-order valence-corrected chi connectivity index (χ3v) is 9.80. The van der Waals surface area contributed by atoms with Gasteiger partial charge in [-0.15, -0.1) is 13.2 Å². The average molecular weight is 624 g/mol. The van der Waals surface area contributed by atoms with Crippen LogP contribution in [-0.4, -0.2) is 46.9 Å². The SMILES string of the molecule is CCn1cc(C(=O)O)c2ccc(N3CCC4(CC3)CC(COCc3c(-c5ccccc5OC(F)(F)F)noc3C3CC3)C4)cc21. The molecule has 2 aliphatic carbocycles. The van der Waals surface area contributed by atoms with Gasteiger partial charge in [0, 0.05) is 60.6 Å². The summed E-state index contributed by atoms with van der Waals surface area (Å²) >= 11 is 0. The second-order valence-electron chi connectivity index (χ2n) is 12.8. The van der Waals surface area contributed by atoms with Crippen molar-refractivity contribution in [1.82, 2.24) is 9.72 Å². The largest absolute Gasteiger partial charge is 0.573 e. The molecule has 0 amide bonds. The highest BCUT2D eigenvalue weighted by atomic mass is 19.4. The van der Waals surface area contributed by atoms with Crippen LogP contribution in [0.5, 0.6) is 5.75 Å². The third-order valence-electron chi connectivity index (χ3n) is 9.80. The number of carboxylic acid groups (broad SMARTS) is 1. The molecular weight excluding hydrogens is 587 g/mol. The number of hydrogen-bond acceptors (Lipinski definition) is 6. The number of nitrogens with zero attached hydrogens (tertiary/aromatic N) is 3. The number of carbonyl (C=O) groups is 1. The van der Waals surface area contributed by atoms with Gasteiger partial charge in [-0.05, 0) is 87.1 Å². The molecule has 3 aliphatic rings. The van der Waals surface area contributed by atoms with Crippen LogP contribution in [0.15, 0.2) is 53.2 Å². The van der Waals surface area contributed by atoms with Crippen molar-refractivity contribution in [3.05, 3.63) is 65.5 Å². The lowest BCUT2D eigenvalue weighted by Crippen LogP contribution is -2.48. The summed E-state index contributed by atoms with van der Waals surface area (Å²) in [5.74, 6) is 0.147. The van der Waals surface area contributed by atoms with Gasteiger partial charge in [0.05, 0.1) is 17.7 Å². The number of piperidine rings is 1. The van der Waals surface area contributed by atoms with Crippen molar-refractivity contribution in [2.75, 3.05) is 24.6 Å². The standard InChI is InChI=1S/C34H36F3N3O5/c1-2-39-18-26(32(41)42)24-10-9-23(15-28(24)39)40-13-11-33(12-14-40)16-21(17-33)19-43-20-27-30(38-45-31(27)22-7-8-22)25-5-3-4-6-29(25)44-34(35,36)37/h3-6,9-10,15,18,21-22H,2,7-8,11-14,16-17,19-20H2,1H3,(H,41,42). The zero-order chi connectivity index (χ0) is 31.3. The highest BCUT2D eigenvalue weighted by Gasteiger charge is 2.46. The molecule has 45 heavy (non-hydrogen) atoms. The molecule has 3 heterocycles. The zero-order valence-corrected chi connectivity index (χ0v) is 25.1. The highest BCUT2D eigenvalue weighted by Crippen LogP contribution is 2.53. The lowest BCUT2D eigenvalue weighted by Gasteiger charge is -2.52. The van der Waals surface area contributed by atoms with Crippen molar-refractivity contribution in [2.45, 2.75) is 70.9 Å². The Morgan fingerprint density at radius 3 is 2.58 bits per heavy atom. The number of anilines is 1. The molecule has 0 radical (unpaired) electrons. The van der Waals surface area contributed by atoms with Gasteiger partial charge in [0.2, 0.25) is 0 Å². The molecule has 2 aromatic carbocycles. The van der Waals surface area contributed by atoms with Gasteiger partial charge in [-0.1, -0.05) is 17.3 Å². The number of aromatic carboxylic acids is 1. The average Bonchev–Trinajstić information content (AvgIpc) is 3.64. The van der Waals surface area contributed by atoms with Crippen molar-refractivity contribution in [2.24, 2.45) is 11.3 Å². The molecule has 0 unspecified atom stereocenters. The molecular formula is C34H36F3N3O5. The van der Waals surface area contributed by atoms with Crippen molar-refractivity contribution >= 4 is 22.6 Å². The van der Waals surface area contributed by atoms with Crippen molar-refractivity contribution in [1.29, 1.82) is 0 Å². The van der Waals surface area contributed by atoms with E-state index < -0.39 is 12.3 Å². The Morgan fingerprint density at radius 1 is 1.13 bits per heavy atom.